The van der Waals surface area contributed by atoms with Crippen LogP contribution in [0.15, 0.2) is 0 Å². The zero-order valence-corrected chi connectivity index (χ0v) is 9.18. The van der Waals surface area contributed by atoms with Gasteiger partial charge in [-0.05, 0) is 18.3 Å². The molecule has 0 rings (SSSR count). The van der Waals surface area contributed by atoms with Crippen LogP contribution in [-0.2, 0) is 4.79 Å². The highest BCUT2D eigenvalue weighted by atomic mass is 16.1. The molecule has 0 saturated carbocycles. The van der Waals surface area contributed by atoms with Crippen molar-refractivity contribution in [1.29, 1.82) is 0 Å². The SMILES string of the molecule is CC(C)CCCC(C)CCC(N)=O. The van der Waals surface area contributed by atoms with E-state index in [1.165, 1.54) is 19.3 Å². The molecule has 1 amide bonds. The monoisotopic (exact) mass is 185 g/mol. The topological polar surface area (TPSA) is 43.1 Å². The zero-order valence-electron chi connectivity index (χ0n) is 9.18. The molecule has 0 aliphatic rings. The molecule has 0 fully saturated rings. The summed E-state index contributed by atoms with van der Waals surface area (Å²) < 4.78 is 0. The van der Waals surface area contributed by atoms with E-state index in [2.05, 4.69) is 20.8 Å². The molecule has 0 heterocycles. The Balaban J connectivity index is 3.30. The van der Waals surface area contributed by atoms with E-state index in [1.807, 2.05) is 0 Å². The Morgan fingerprint density at radius 2 is 1.77 bits per heavy atom. The summed E-state index contributed by atoms with van der Waals surface area (Å²) in [6.07, 6.45) is 5.29. The highest BCUT2D eigenvalue weighted by molar-refractivity contribution is 5.73. The molecule has 1 unspecified atom stereocenters. The molecule has 78 valence electrons. The van der Waals surface area contributed by atoms with Gasteiger partial charge in [0.05, 0.1) is 0 Å². The van der Waals surface area contributed by atoms with Gasteiger partial charge in [-0.1, -0.05) is 40.0 Å². The first-order valence-electron chi connectivity index (χ1n) is 5.30. The Kier molecular flexibility index (Phi) is 6.65. The summed E-state index contributed by atoms with van der Waals surface area (Å²) in [5.74, 6) is 1.27. The predicted octanol–water partition coefficient (Wildman–Crippen LogP) is 2.71. The van der Waals surface area contributed by atoms with Crippen molar-refractivity contribution < 1.29 is 4.79 Å². The molecule has 0 spiro atoms. The van der Waals surface area contributed by atoms with Crippen molar-refractivity contribution in [3.05, 3.63) is 0 Å². The van der Waals surface area contributed by atoms with Crippen LogP contribution in [0.2, 0.25) is 0 Å². The van der Waals surface area contributed by atoms with Crippen LogP contribution < -0.4 is 5.73 Å². The molecular weight excluding hydrogens is 162 g/mol. The van der Waals surface area contributed by atoms with Crippen LogP contribution in [-0.4, -0.2) is 5.91 Å². The van der Waals surface area contributed by atoms with E-state index in [1.54, 1.807) is 0 Å². The third-order valence-electron chi connectivity index (χ3n) is 2.36. The first-order valence-corrected chi connectivity index (χ1v) is 5.30. The minimum Gasteiger partial charge on any atom is -0.370 e. The Morgan fingerprint density at radius 1 is 1.15 bits per heavy atom. The second-order valence-electron chi connectivity index (χ2n) is 4.43. The number of hydrogen-bond acceptors (Lipinski definition) is 1. The first-order chi connectivity index (χ1) is 6.02. The molecule has 0 aliphatic heterocycles. The lowest BCUT2D eigenvalue weighted by Gasteiger charge is -2.10. The summed E-state index contributed by atoms with van der Waals surface area (Å²) in [6, 6.07) is 0. The van der Waals surface area contributed by atoms with Crippen LogP contribution in [0.1, 0.15) is 52.9 Å². The zero-order chi connectivity index (χ0) is 10.3. The van der Waals surface area contributed by atoms with Gasteiger partial charge in [0.2, 0.25) is 5.91 Å². The predicted molar refractivity (Wildman–Crippen MR) is 56.3 cm³/mol. The maximum absolute atomic E-state index is 10.5. The van der Waals surface area contributed by atoms with E-state index >= 15 is 0 Å². The highest BCUT2D eigenvalue weighted by Crippen LogP contribution is 2.16. The Hall–Kier alpha value is -0.530. The third kappa shape index (κ3) is 9.38. The van der Waals surface area contributed by atoms with E-state index in [0.717, 1.165) is 12.3 Å². The minimum absolute atomic E-state index is 0.171. The van der Waals surface area contributed by atoms with Crippen LogP contribution in [0.25, 0.3) is 0 Å². The number of hydrogen-bond donors (Lipinski definition) is 1. The molecule has 2 nitrogen and oxygen atoms in total. The van der Waals surface area contributed by atoms with Gasteiger partial charge in [-0.3, -0.25) is 4.79 Å². The van der Waals surface area contributed by atoms with Gasteiger partial charge in [-0.15, -0.1) is 0 Å². The third-order valence-corrected chi connectivity index (χ3v) is 2.36. The Labute approximate surface area is 81.9 Å². The second-order valence-corrected chi connectivity index (χ2v) is 4.43. The van der Waals surface area contributed by atoms with E-state index in [-0.39, 0.29) is 5.91 Å². The summed E-state index contributed by atoms with van der Waals surface area (Å²) in [4.78, 5) is 10.5. The normalized spacial score (nSPS) is 13.2. The fourth-order valence-corrected chi connectivity index (χ4v) is 1.41. The molecule has 0 aromatic rings. The lowest BCUT2D eigenvalue weighted by atomic mass is 9.96. The van der Waals surface area contributed by atoms with Gasteiger partial charge in [-0.25, -0.2) is 0 Å². The molecule has 0 aromatic carbocycles. The number of rotatable bonds is 7. The Bertz CT molecular complexity index is 143. The van der Waals surface area contributed by atoms with Crippen molar-refractivity contribution in [2.24, 2.45) is 17.6 Å². The fraction of sp³-hybridized carbons (Fsp3) is 0.909. The number of nitrogens with two attached hydrogens (primary N) is 1. The van der Waals surface area contributed by atoms with Gasteiger partial charge < -0.3 is 5.73 Å². The average molecular weight is 185 g/mol. The summed E-state index contributed by atoms with van der Waals surface area (Å²) in [5.41, 5.74) is 5.08. The molecule has 0 radical (unpaired) electrons. The first kappa shape index (κ1) is 12.5. The van der Waals surface area contributed by atoms with Crippen LogP contribution in [0.4, 0.5) is 0 Å². The van der Waals surface area contributed by atoms with Gasteiger partial charge in [0.25, 0.3) is 0 Å². The molecule has 1 atom stereocenters. The van der Waals surface area contributed by atoms with E-state index in [9.17, 15) is 4.79 Å². The van der Waals surface area contributed by atoms with Crippen LogP contribution in [0, 0.1) is 11.8 Å². The maximum atomic E-state index is 10.5. The maximum Gasteiger partial charge on any atom is 0.217 e. The lowest BCUT2D eigenvalue weighted by molar-refractivity contribution is -0.118. The molecule has 0 aliphatic carbocycles. The standard InChI is InChI=1S/C11H23NO/c1-9(2)5-4-6-10(3)7-8-11(12)13/h9-10H,4-8H2,1-3H3,(H2,12,13). The molecular formula is C11H23NO. The van der Waals surface area contributed by atoms with Gasteiger partial charge in [0, 0.05) is 6.42 Å². The van der Waals surface area contributed by atoms with Gasteiger partial charge in [0.15, 0.2) is 0 Å². The molecule has 0 aromatic heterocycles. The smallest absolute Gasteiger partial charge is 0.217 e. The summed E-state index contributed by atoms with van der Waals surface area (Å²) in [7, 11) is 0. The highest BCUT2D eigenvalue weighted by Gasteiger charge is 2.04. The number of amides is 1. The van der Waals surface area contributed by atoms with Crippen molar-refractivity contribution in [3.63, 3.8) is 0 Å². The Morgan fingerprint density at radius 3 is 2.23 bits per heavy atom. The van der Waals surface area contributed by atoms with Gasteiger partial charge in [-0.2, -0.15) is 0 Å². The van der Waals surface area contributed by atoms with Crippen LogP contribution in [0.3, 0.4) is 0 Å². The van der Waals surface area contributed by atoms with Gasteiger partial charge >= 0.3 is 0 Å². The minimum atomic E-state index is -0.171. The number of carbonyl (C=O) groups excluding carboxylic acids is 1. The summed E-state index contributed by atoms with van der Waals surface area (Å²) in [6.45, 7) is 6.69. The average Bonchev–Trinajstić information content (AvgIpc) is 2.00. The van der Waals surface area contributed by atoms with E-state index in [0.29, 0.717) is 12.3 Å². The van der Waals surface area contributed by atoms with Crippen LogP contribution in [0.5, 0.6) is 0 Å². The molecule has 13 heavy (non-hydrogen) atoms. The molecule has 0 saturated heterocycles. The lowest BCUT2D eigenvalue weighted by Crippen LogP contribution is -2.11. The van der Waals surface area contributed by atoms with Crippen LogP contribution >= 0.6 is 0 Å². The van der Waals surface area contributed by atoms with Crippen molar-refractivity contribution in [2.45, 2.75) is 52.9 Å². The second kappa shape index (κ2) is 6.93. The summed E-state index contributed by atoms with van der Waals surface area (Å²) in [5, 5.41) is 0. The van der Waals surface area contributed by atoms with Crippen molar-refractivity contribution in [2.75, 3.05) is 0 Å². The van der Waals surface area contributed by atoms with Crippen molar-refractivity contribution in [3.8, 4) is 0 Å². The van der Waals surface area contributed by atoms with E-state index in [4.69, 9.17) is 5.73 Å². The largest absolute Gasteiger partial charge is 0.370 e. The molecule has 2 heteroatoms. The number of carbonyl (C=O) groups is 1. The summed E-state index contributed by atoms with van der Waals surface area (Å²) >= 11 is 0. The van der Waals surface area contributed by atoms with Crippen molar-refractivity contribution in [1.82, 2.24) is 0 Å². The van der Waals surface area contributed by atoms with Gasteiger partial charge in [0.1, 0.15) is 0 Å². The molecule has 0 bridgehead atoms. The fourth-order valence-electron chi connectivity index (χ4n) is 1.41. The van der Waals surface area contributed by atoms with Crippen molar-refractivity contribution >= 4 is 5.91 Å². The van der Waals surface area contributed by atoms with E-state index < -0.39 is 0 Å². The molecule has 2 N–H and O–H groups in total. The quantitative estimate of drug-likeness (QED) is 0.651. The number of primary amides is 1.